The molecule has 5 nitrogen and oxygen atoms in total. The van der Waals surface area contributed by atoms with Gasteiger partial charge < -0.3 is 9.47 Å². The number of thioether (sulfide) groups is 1. The molecule has 0 spiro atoms. The van der Waals surface area contributed by atoms with Gasteiger partial charge in [-0.05, 0) is 23.4 Å². The van der Waals surface area contributed by atoms with Gasteiger partial charge in [0.05, 0.1) is 24.7 Å². The van der Waals surface area contributed by atoms with Crippen LogP contribution in [0.15, 0.2) is 23.1 Å². The highest BCUT2D eigenvalue weighted by molar-refractivity contribution is 8.04. The van der Waals surface area contributed by atoms with Crippen molar-refractivity contribution < 1.29 is 19.1 Å². The molecule has 1 aromatic rings. The largest absolute Gasteiger partial charge is 0.493 e. The lowest BCUT2D eigenvalue weighted by molar-refractivity contribution is -0.134. The van der Waals surface area contributed by atoms with Crippen molar-refractivity contribution in [3.8, 4) is 11.5 Å². The van der Waals surface area contributed by atoms with Crippen LogP contribution in [-0.2, 0) is 9.59 Å². The quantitative estimate of drug-likeness (QED) is 0.780. The second-order valence-electron chi connectivity index (χ2n) is 4.38. The fraction of sp³-hybridized carbons (Fsp3) is 0.333. The second kappa shape index (κ2) is 6.22. The van der Waals surface area contributed by atoms with Gasteiger partial charge in [0.1, 0.15) is 0 Å². The van der Waals surface area contributed by atoms with E-state index in [0.717, 1.165) is 10.7 Å². The highest BCUT2D eigenvalue weighted by atomic mass is 32.2. The van der Waals surface area contributed by atoms with Crippen LogP contribution in [0.25, 0.3) is 5.57 Å². The second-order valence-corrected chi connectivity index (χ2v) is 5.65. The van der Waals surface area contributed by atoms with Crippen LogP contribution in [0.5, 0.6) is 11.5 Å². The topological polar surface area (TPSA) is 55.8 Å². The van der Waals surface area contributed by atoms with Gasteiger partial charge in [0, 0.05) is 7.05 Å². The van der Waals surface area contributed by atoms with Crippen molar-refractivity contribution in [1.82, 2.24) is 4.90 Å². The van der Waals surface area contributed by atoms with Crippen molar-refractivity contribution in [3.05, 3.63) is 28.7 Å². The molecule has 0 saturated heterocycles. The molecule has 1 aliphatic heterocycles. The van der Waals surface area contributed by atoms with E-state index in [-0.39, 0.29) is 11.8 Å². The van der Waals surface area contributed by atoms with Crippen molar-refractivity contribution >= 4 is 29.1 Å². The summed E-state index contributed by atoms with van der Waals surface area (Å²) >= 11 is 1.38. The number of likely N-dealkylation sites (N-methyl/N-ethyl adjacent to an activating group) is 1. The first-order valence-electron chi connectivity index (χ1n) is 6.47. The standard InChI is InChI=1S/C15H17NO4S/c1-5-21-13-12(14(17)16(2)15(13)18)9-6-7-10(19-3)11(8-9)20-4/h6-8H,5H2,1-4H3. The Kier molecular flexibility index (Phi) is 4.57. The summed E-state index contributed by atoms with van der Waals surface area (Å²) in [6.45, 7) is 1.94. The van der Waals surface area contributed by atoms with Crippen LogP contribution in [0.3, 0.4) is 0 Å². The average Bonchev–Trinajstić information content (AvgIpc) is 2.71. The van der Waals surface area contributed by atoms with Gasteiger partial charge in [-0.25, -0.2) is 0 Å². The molecule has 0 fully saturated rings. The fourth-order valence-corrected chi connectivity index (χ4v) is 3.04. The molecular formula is C15H17NO4S. The number of methoxy groups -OCH3 is 2. The Hall–Kier alpha value is -1.95. The molecule has 0 bridgehead atoms. The molecule has 21 heavy (non-hydrogen) atoms. The molecule has 0 saturated carbocycles. The van der Waals surface area contributed by atoms with Crippen LogP contribution < -0.4 is 9.47 Å². The van der Waals surface area contributed by atoms with E-state index in [2.05, 4.69) is 0 Å². The van der Waals surface area contributed by atoms with Crippen LogP contribution in [0.1, 0.15) is 12.5 Å². The number of benzene rings is 1. The molecule has 0 aromatic heterocycles. The van der Waals surface area contributed by atoms with Gasteiger partial charge in [0.2, 0.25) is 0 Å². The van der Waals surface area contributed by atoms with Crippen molar-refractivity contribution in [1.29, 1.82) is 0 Å². The molecule has 0 N–H and O–H groups in total. The van der Waals surface area contributed by atoms with Crippen LogP contribution in [0.4, 0.5) is 0 Å². The van der Waals surface area contributed by atoms with E-state index < -0.39 is 0 Å². The Morgan fingerprint density at radius 3 is 2.33 bits per heavy atom. The van der Waals surface area contributed by atoms with Crippen molar-refractivity contribution in [2.75, 3.05) is 27.0 Å². The summed E-state index contributed by atoms with van der Waals surface area (Å²) in [7, 11) is 4.58. The molecule has 0 atom stereocenters. The van der Waals surface area contributed by atoms with Crippen molar-refractivity contribution in [3.63, 3.8) is 0 Å². The molecule has 2 amide bonds. The summed E-state index contributed by atoms with van der Waals surface area (Å²) < 4.78 is 10.4. The number of rotatable bonds is 5. The summed E-state index contributed by atoms with van der Waals surface area (Å²) in [5, 5.41) is 0. The van der Waals surface area contributed by atoms with Gasteiger partial charge in [-0.2, -0.15) is 0 Å². The SMILES string of the molecule is CCSC1=C(c2ccc(OC)c(OC)c2)C(=O)N(C)C1=O. The van der Waals surface area contributed by atoms with Gasteiger partial charge in [0.25, 0.3) is 11.8 Å². The maximum atomic E-state index is 12.3. The van der Waals surface area contributed by atoms with E-state index in [1.165, 1.54) is 25.9 Å². The molecule has 2 rings (SSSR count). The first-order valence-corrected chi connectivity index (χ1v) is 7.45. The van der Waals surface area contributed by atoms with Crippen LogP contribution in [0.2, 0.25) is 0 Å². The van der Waals surface area contributed by atoms with Crippen molar-refractivity contribution in [2.45, 2.75) is 6.92 Å². The normalized spacial score (nSPS) is 15.0. The monoisotopic (exact) mass is 307 g/mol. The predicted octanol–water partition coefficient (Wildman–Crippen LogP) is 2.17. The average molecular weight is 307 g/mol. The molecule has 0 radical (unpaired) electrons. The third-order valence-electron chi connectivity index (χ3n) is 3.21. The maximum Gasteiger partial charge on any atom is 0.267 e. The van der Waals surface area contributed by atoms with Gasteiger partial charge in [-0.3, -0.25) is 14.5 Å². The Balaban J connectivity index is 2.57. The lowest BCUT2D eigenvalue weighted by atomic mass is 10.1. The fourth-order valence-electron chi connectivity index (χ4n) is 2.14. The predicted molar refractivity (Wildman–Crippen MR) is 82.4 cm³/mol. The number of amides is 2. The minimum atomic E-state index is -0.289. The van der Waals surface area contributed by atoms with Crippen molar-refractivity contribution in [2.24, 2.45) is 0 Å². The summed E-state index contributed by atoms with van der Waals surface area (Å²) in [6.07, 6.45) is 0. The van der Waals surface area contributed by atoms with E-state index in [0.29, 0.717) is 27.5 Å². The minimum absolute atomic E-state index is 0.253. The maximum absolute atomic E-state index is 12.3. The molecule has 1 heterocycles. The molecule has 112 valence electrons. The van der Waals surface area contributed by atoms with E-state index in [1.807, 2.05) is 6.92 Å². The Morgan fingerprint density at radius 2 is 1.76 bits per heavy atom. The minimum Gasteiger partial charge on any atom is -0.493 e. The molecule has 6 heteroatoms. The number of ether oxygens (including phenoxy) is 2. The number of carbonyl (C=O) groups excluding carboxylic acids is 2. The zero-order valence-corrected chi connectivity index (χ0v) is 13.2. The smallest absolute Gasteiger partial charge is 0.267 e. The highest BCUT2D eigenvalue weighted by Crippen LogP contribution is 2.38. The number of nitrogens with zero attached hydrogens (tertiary/aromatic N) is 1. The molecule has 0 aliphatic carbocycles. The van der Waals surface area contributed by atoms with Gasteiger partial charge in [-0.1, -0.05) is 13.0 Å². The lowest BCUT2D eigenvalue weighted by Crippen LogP contribution is -2.26. The van der Waals surface area contributed by atoms with E-state index in [9.17, 15) is 9.59 Å². The molecule has 1 aromatic carbocycles. The Labute approximate surface area is 127 Å². The van der Waals surface area contributed by atoms with Gasteiger partial charge in [0.15, 0.2) is 11.5 Å². The first kappa shape index (κ1) is 15.4. The molecule has 1 aliphatic rings. The molecular weight excluding hydrogens is 290 g/mol. The van der Waals surface area contributed by atoms with E-state index in [1.54, 1.807) is 25.3 Å². The zero-order valence-electron chi connectivity index (χ0n) is 12.4. The Morgan fingerprint density at radius 1 is 1.10 bits per heavy atom. The van der Waals surface area contributed by atoms with Gasteiger partial charge >= 0.3 is 0 Å². The summed E-state index contributed by atoms with van der Waals surface area (Å²) in [5.41, 5.74) is 1.08. The number of carbonyl (C=O) groups is 2. The molecule has 0 unspecified atom stereocenters. The summed E-state index contributed by atoms with van der Waals surface area (Å²) in [6, 6.07) is 5.21. The zero-order chi connectivity index (χ0) is 15.6. The highest BCUT2D eigenvalue weighted by Gasteiger charge is 2.36. The first-order chi connectivity index (χ1) is 10.0. The Bertz CT molecular complexity index is 624. The third-order valence-corrected chi connectivity index (χ3v) is 4.16. The van der Waals surface area contributed by atoms with Crippen LogP contribution >= 0.6 is 11.8 Å². The summed E-state index contributed by atoms with van der Waals surface area (Å²) in [5.74, 6) is 1.29. The number of hydrogen-bond donors (Lipinski definition) is 0. The van der Waals surface area contributed by atoms with Crippen LogP contribution in [0, 0.1) is 0 Å². The third kappa shape index (κ3) is 2.63. The number of hydrogen-bond acceptors (Lipinski definition) is 5. The lowest BCUT2D eigenvalue weighted by Gasteiger charge is -2.10. The van der Waals surface area contributed by atoms with E-state index >= 15 is 0 Å². The van der Waals surface area contributed by atoms with Gasteiger partial charge in [-0.15, -0.1) is 11.8 Å². The van der Waals surface area contributed by atoms with E-state index in [4.69, 9.17) is 9.47 Å². The van der Waals surface area contributed by atoms with Crippen LogP contribution in [-0.4, -0.2) is 43.7 Å². The summed E-state index contributed by atoms with van der Waals surface area (Å²) in [4.78, 5) is 26.1. The number of imide groups is 1.